The summed E-state index contributed by atoms with van der Waals surface area (Å²) in [6, 6.07) is 1.89. The fourth-order valence-corrected chi connectivity index (χ4v) is 2.10. The van der Waals surface area contributed by atoms with Gasteiger partial charge < -0.3 is 9.84 Å². The minimum atomic E-state index is -0.404. The summed E-state index contributed by atoms with van der Waals surface area (Å²) in [5, 5.41) is 14.2. The Morgan fingerprint density at radius 1 is 1.73 bits per heavy atom. The van der Waals surface area contributed by atoms with Crippen LogP contribution in [0.1, 0.15) is 31.6 Å². The van der Waals surface area contributed by atoms with Gasteiger partial charge in [-0.25, -0.2) is 0 Å². The molecule has 2 unspecified atom stereocenters. The Labute approximate surface area is 89.9 Å². The summed E-state index contributed by atoms with van der Waals surface area (Å²) in [6.45, 7) is 4.46. The molecule has 1 aliphatic rings. The molecule has 0 radical (unpaired) electrons. The van der Waals surface area contributed by atoms with Crippen LogP contribution in [0.5, 0.6) is 0 Å². The van der Waals surface area contributed by atoms with Crippen molar-refractivity contribution in [2.45, 2.75) is 32.4 Å². The zero-order valence-electron chi connectivity index (χ0n) is 9.09. The van der Waals surface area contributed by atoms with Crippen molar-refractivity contribution in [3.05, 3.63) is 18.0 Å². The first-order chi connectivity index (χ1) is 7.31. The minimum absolute atomic E-state index is 0.404. The van der Waals surface area contributed by atoms with Crippen molar-refractivity contribution >= 4 is 0 Å². The maximum Gasteiger partial charge on any atom is 0.0960 e. The second kappa shape index (κ2) is 4.77. The van der Waals surface area contributed by atoms with Crippen molar-refractivity contribution < 1.29 is 9.84 Å². The number of rotatable bonds is 4. The van der Waals surface area contributed by atoms with Gasteiger partial charge in [-0.05, 0) is 31.7 Å². The lowest BCUT2D eigenvalue weighted by Gasteiger charge is -2.15. The molecule has 0 spiro atoms. The Balaban J connectivity index is 1.97. The van der Waals surface area contributed by atoms with Crippen LogP contribution in [0.25, 0.3) is 0 Å². The lowest BCUT2D eigenvalue weighted by Crippen LogP contribution is -2.12. The standard InChI is InChI=1S/C11H18N2O2/c1-2-13-10(3-5-12-13)11(14)7-9-4-6-15-8-9/h3,5,9,11,14H,2,4,6-8H2,1H3. The largest absolute Gasteiger partial charge is 0.387 e. The average molecular weight is 210 g/mol. The molecular formula is C11H18N2O2. The molecule has 4 heteroatoms. The van der Waals surface area contributed by atoms with Crippen LogP contribution in [0.2, 0.25) is 0 Å². The molecule has 0 saturated carbocycles. The molecule has 1 saturated heterocycles. The third-order valence-electron chi connectivity index (χ3n) is 2.97. The zero-order valence-corrected chi connectivity index (χ0v) is 9.09. The summed E-state index contributed by atoms with van der Waals surface area (Å²) in [7, 11) is 0. The smallest absolute Gasteiger partial charge is 0.0960 e. The second-order valence-electron chi connectivity index (χ2n) is 4.05. The normalized spacial score (nSPS) is 23.2. The number of aliphatic hydroxyl groups is 1. The molecule has 0 amide bonds. The van der Waals surface area contributed by atoms with E-state index in [1.54, 1.807) is 6.20 Å². The molecule has 4 nitrogen and oxygen atoms in total. The third kappa shape index (κ3) is 2.38. The van der Waals surface area contributed by atoms with E-state index in [0.717, 1.165) is 38.3 Å². The third-order valence-corrected chi connectivity index (χ3v) is 2.97. The number of aliphatic hydroxyl groups excluding tert-OH is 1. The molecule has 1 aliphatic heterocycles. The van der Waals surface area contributed by atoms with E-state index in [9.17, 15) is 5.11 Å². The topological polar surface area (TPSA) is 47.3 Å². The lowest BCUT2D eigenvalue weighted by atomic mass is 9.99. The number of hydrogen-bond acceptors (Lipinski definition) is 3. The van der Waals surface area contributed by atoms with Gasteiger partial charge in [-0.3, -0.25) is 4.68 Å². The van der Waals surface area contributed by atoms with Crippen molar-refractivity contribution in [1.29, 1.82) is 0 Å². The summed E-state index contributed by atoms with van der Waals surface area (Å²) < 4.78 is 7.15. The summed E-state index contributed by atoms with van der Waals surface area (Å²) in [5.41, 5.74) is 0.921. The van der Waals surface area contributed by atoms with Crippen molar-refractivity contribution in [3.63, 3.8) is 0 Å². The molecule has 2 atom stereocenters. The predicted octanol–water partition coefficient (Wildman–Crippen LogP) is 1.36. The fourth-order valence-electron chi connectivity index (χ4n) is 2.10. The van der Waals surface area contributed by atoms with E-state index in [1.165, 1.54) is 0 Å². The van der Waals surface area contributed by atoms with Crippen molar-refractivity contribution in [3.8, 4) is 0 Å². The van der Waals surface area contributed by atoms with Crippen LogP contribution in [0.15, 0.2) is 12.3 Å². The first-order valence-electron chi connectivity index (χ1n) is 5.58. The molecular weight excluding hydrogens is 192 g/mol. The Bertz CT molecular complexity index is 305. The highest BCUT2D eigenvalue weighted by molar-refractivity contribution is 5.04. The highest BCUT2D eigenvalue weighted by atomic mass is 16.5. The molecule has 0 aliphatic carbocycles. The molecule has 1 fully saturated rings. The number of nitrogens with zero attached hydrogens (tertiary/aromatic N) is 2. The molecule has 15 heavy (non-hydrogen) atoms. The van der Waals surface area contributed by atoms with Crippen LogP contribution in [0.3, 0.4) is 0 Å². The molecule has 1 aromatic heterocycles. The predicted molar refractivity (Wildman–Crippen MR) is 56.4 cm³/mol. The number of aryl methyl sites for hydroxylation is 1. The summed E-state index contributed by atoms with van der Waals surface area (Å²) in [6.07, 6.45) is 3.19. The Morgan fingerprint density at radius 2 is 2.60 bits per heavy atom. The average Bonchev–Trinajstić information content (AvgIpc) is 2.86. The summed E-state index contributed by atoms with van der Waals surface area (Å²) >= 11 is 0. The SMILES string of the molecule is CCn1nccc1C(O)CC1CCOC1. The highest BCUT2D eigenvalue weighted by Gasteiger charge is 2.22. The molecule has 2 rings (SSSR count). The van der Waals surface area contributed by atoms with E-state index in [0.29, 0.717) is 5.92 Å². The van der Waals surface area contributed by atoms with Gasteiger partial charge in [0, 0.05) is 26.0 Å². The number of hydrogen-bond donors (Lipinski definition) is 1. The van der Waals surface area contributed by atoms with Crippen LogP contribution in [0.4, 0.5) is 0 Å². The van der Waals surface area contributed by atoms with Gasteiger partial charge in [0.15, 0.2) is 0 Å². The zero-order chi connectivity index (χ0) is 10.7. The van der Waals surface area contributed by atoms with Crippen LogP contribution < -0.4 is 0 Å². The van der Waals surface area contributed by atoms with Crippen LogP contribution >= 0.6 is 0 Å². The lowest BCUT2D eigenvalue weighted by molar-refractivity contribution is 0.122. The van der Waals surface area contributed by atoms with Gasteiger partial charge >= 0.3 is 0 Å². The number of ether oxygens (including phenoxy) is 1. The minimum Gasteiger partial charge on any atom is -0.387 e. The van der Waals surface area contributed by atoms with Crippen LogP contribution in [0, 0.1) is 5.92 Å². The summed E-state index contributed by atoms with van der Waals surface area (Å²) in [4.78, 5) is 0. The molecule has 0 bridgehead atoms. The fraction of sp³-hybridized carbons (Fsp3) is 0.727. The van der Waals surface area contributed by atoms with Crippen molar-refractivity contribution in [1.82, 2.24) is 9.78 Å². The molecule has 0 aromatic carbocycles. The van der Waals surface area contributed by atoms with Crippen molar-refractivity contribution in [2.24, 2.45) is 5.92 Å². The Morgan fingerprint density at radius 3 is 3.27 bits per heavy atom. The second-order valence-corrected chi connectivity index (χ2v) is 4.05. The molecule has 1 aromatic rings. The molecule has 2 heterocycles. The van der Waals surface area contributed by atoms with Gasteiger partial charge in [0.2, 0.25) is 0 Å². The number of aromatic nitrogens is 2. The molecule has 1 N–H and O–H groups in total. The Kier molecular flexibility index (Phi) is 3.38. The quantitative estimate of drug-likeness (QED) is 0.816. The van der Waals surface area contributed by atoms with E-state index in [2.05, 4.69) is 5.10 Å². The van der Waals surface area contributed by atoms with Crippen LogP contribution in [-0.2, 0) is 11.3 Å². The maximum absolute atomic E-state index is 10.1. The van der Waals surface area contributed by atoms with E-state index in [-0.39, 0.29) is 0 Å². The first kappa shape index (κ1) is 10.6. The maximum atomic E-state index is 10.1. The van der Waals surface area contributed by atoms with E-state index >= 15 is 0 Å². The van der Waals surface area contributed by atoms with E-state index in [4.69, 9.17) is 4.74 Å². The highest BCUT2D eigenvalue weighted by Crippen LogP contribution is 2.26. The summed E-state index contributed by atoms with van der Waals surface area (Å²) in [5.74, 6) is 0.500. The van der Waals surface area contributed by atoms with Gasteiger partial charge in [0.25, 0.3) is 0 Å². The van der Waals surface area contributed by atoms with Crippen molar-refractivity contribution in [2.75, 3.05) is 13.2 Å². The first-order valence-corrected chi connectivity index (χ1v) is 5.58. The Hall–Kier alpha value is -0.870. The monoisotopic (exact) mass is 210 g/mol. The van der Waals surface area contributed by atoms with Crippen LogP contribution in [-0.4, -0.2) is 28.1 Å². The van der Waals surface area contributed by atoms with Gasteiger partial charge in [0.05, 0.1) is 11.8 Å². The van der Waals surface area contributed by atoms with E-state index in [1.807, 2.05) is 17.7 Å². The molecule has 84 valence electrons. The van der Waals surface area contributed by atoms with Gasteiger partial charge in [-0.2, -0.15) is 5.10 Å². The van der Waals surface area contributed by atoms with Gasteiger partial charge in [-0.15, -0.1) is 0 Å². The van der Waals surface area contributed by atoms with Gasteiger partial charge in [-0.1, -0.05) is 0 Å². The van der Waals surface area contributed by atoms with Gasteiger partial charge in [0.1, 0.15) is 0 Å². The van der Waals surface area contributed by atoms with E-state index < -0.39 is 6.10 Å².